The monoisotopic (exact) mass is 663 g/mol. The molecule has 0 bridgehead atoms. The molecule has 6 heteroatoms. The SMILES string of the molecule is C=C(C)N.C=Nc1ccccc1O.COCc1cccc(-c2cc(-c3cccc(C)c3)cc(-c3cccc(COc4ccccc4N)c3)c2)c1. The molecule has 254 valence electrons. The number of aryl methyl sites for hydroxylation is 1. The normalized spacial score (nSPS) is 10.1. The molecule has 6 aromatic carbocycles. The molecule has 50 heavy (non-hydrogen) atoms. The first-order chi connectivity index (χ1) is 24.2. The third-order valence-electron chi connectivity index (χ3n) is 7.48. The third-order valence-corrected chi connectivity index (χ3v) is 7.48. The maximum atomic E-state index is 8.98. The number of nitrogens with two attached hydrogens (primary N) is 2. The number of aromatic hydroxyl groups is 1. The Balaban J connectivity index is 0.000000364. The van der Waals surface area contributed by atoms with Gasteiger partial charge >= 0.3 is 0 Å². The summed E-state index contributed by atoms with van der Waals surface area (Å²) < 4.78 is 11.4. The van der Waals surface area contributed by atoms with Crippen LogP contribution in [0.15, 0.2) is 157 Å². The topological polar surface area (TPSA) is 103 Å². The summed E-state index contributed by atoms with van der Waals surface area (Å²) in [6.07, 6.45) is 0. The molecule has 5 N–H and O–H groups in total. The van der Waals surface area contributed by atoms with E-state index < -0.39 is 0 Å². The molecule has 0 aliphatic carbocycles. The van der Waals surface area contributed by atoms with Gasteiger partial charge in [-0.1, -0.05) is 97.1 Å². The number of hydrogen-bond acceptors (Lipinski definition) is 6. The molecule has 0 unspecified atom stereocenters. The Morgan fingerprint density at radius 1 is 0.660 bits per heavy atom. The Bertz CT molecular complexity index is 2030. The second-order valence-corrected chi connectivity index (χ2v) is 11.8. The van der Waals surface area contributed by atoms with Gasteiger partial charge in [-0.2, -0.15) is 0 Å². The van der Waals surface area contributed by atoms with E-state index in [0.29, 0.717) is 36.0 Å². The second-order valence-electron chi connectivity index (χ2n) is 11.8. The van der Waals surface area contributed by atoms with Crippen LogP contribution in [0.5, 0.6) is 11.5 Å². The highest BCUT2D eigenvalue weighted by Crippen LogP contribution is 2.34. The molecular weight excluding hydrogens is 619 g/mol. The lowest BCUT2D eigenvalue weighted by atomic mass is 9.92. The van der Waals surface area contributed by atoms with Crippen molar-refractivity contribution in [3.05, 3.63) is 168 Å². The van der Waals surface area contributed by atoms with Crippen LogP contribution in [0.1, 0.15) is 23.6 Å². The number of ether oxygens (including phenoxy) is 2. The third kappa shape index (κ3) is 11.0. The number of rotatable bonds is 9. The number of benzene rings is 6. The quantitative estimate of drug-likeness (QED) is 0.106. The van der Waals surface area contributed by atoms with Gasteiger partial charge in [-0.15, -0.1) is 0 Å². The molecule has 0 amide bonds. The molecule has 0 aliphatic rings. The summed E-state index contributed by atoms with van der Waals surface area (Å²) in [6, 6.07) is 46.9. The van der Waals surface area contributed by atoms with Crippen LogP contribution in [0.2, 0.25) is 0 Å². The molecule has 0 spiro atoms. The second kappa shape index (κ2) is 18.4. The first kappa shape index (κ1) is 36.7. The molecule has 0 aliphatic heterocycles. The van der Waals surface area contributed by atoms with Crippen LogP contribution < -0.4 is 16.2 Å². The van der Waals surface area contributed by atoms with E-state index in [2.05, 4.69) is 116 Å². The number of anilines is 1. The standard InChI is InChI=1S/C34H31NO2.C7H7NO.C3H7N/c1-24-8-5-11-27(16-24)30-19-31(28-12-6-9-25(17-28)22-36-2)21-32(20-30)29-13-7-10-26(18-29)23-37-34-15-4-3-14-33(34)35;1-8-6-4-2-3-5-7(6)9;1-3(2)4/h3-21H,22-23,35H2,1-2H3;2-5,9H,1H2;1,4H2,2H3. The lowest BCUT2D eigenvalue weighted by molar-refractivity contribution is 0.185. The minimum absolute atomic E-state index is 0.174. The number of para-hydroxylation sites is 4. The zero-order chi connectivity index (χ0) is 35.9. The molecule has 0 fully saturated rings. The fourth-order valence-electron chi connectivity index (χ4n) is 5.17. The Labute approximate surface area is 296 Å². The van der Waals surface area contributed by atoms with Crippen molar-refractivity contribution in [2.75, 3.05) is 12.8 Å². The zero-order valence-corrected chi connectivity index (χ0v) is 29.0. The summed E-state index contributed by atoms with van der Waals surface area (Å²) in [5.74, 6) is 0.875. The number of phenols is 1. The first-order valence-corrected chi connectivity index (χ1v) is 16.2. The Hall–Kier alpha value is -6.11. The molecule has 0 heterocycles. The smallest absolute Gasteiger partial charge is 0.142 e. The number of aliphatic imine (C=N–C) groups is 1. The minimum Gasteiger partial charge on any atom is -0.506 e. The number of methoxy groups -OCH3 is 1. The first-order valence-electron chi connectivity index (χ1n) is 16.2. The summed E-state index contributed by atoms with van der Waals surface area (Å²) in [7, 11) is 1.73. The van der Waals surface area contributed by atoms with E-state index in [1.807, 2.05) is 24.3 Å². The van der Waals surface area contributed by atoms with Crippen molar-refractivity contribution in [1.29, 1.82) is 0 Å². The molecule has 0 atom stereocenters. The van der Waals surface area contributed by atoms with Gasteiger partial charge in [-0.3, -0.25) is 4.99 Å². The predicted octanol–water partition coefficient (Wildman–Crippen LogP) is 10.5. The van der Waals surface area contributed by atoms with Gasteiger partial charge in [0.1, 0.15) is 23.8 Å². The molecular formula is C44H45N3O3. The largest absolute Gasteiger partial charge is 0.506 e. The number of nitrogen functional groups attached to an aromatic ring is 1. The number of allylic oxidation sites excluding steroid dienone is 1. The summed E-state index contributed by atoms with van der Waals surface area (Å²) >= 11 is 0. The van der Waals surface area contributed by atoms with Gasteiger partial charge in [-0.25, -0.2) is 0 Å². The molecule has 0 saturated carbocycles. The van der Waals surface area contributed by atoms with Crippen LogP contribution in [-0.4, -0.2) is 18.9 Å². The molecule has 6 rings (SSSR count). The average molecular weight is 664 g/mol. The lowest BCUT2D eigenvalue weighted by Crippen LogP contribution is -1.98. The van der Waals surface area contributed by atoms with E-state index in [9.17, 15) is 0 Å². The van der Waals surface area contributed by atoms with Crippen molar-refractivity contribution in [2.45, 2.75) is 27.1 Å². The van der Waals surface area contributed by atoms with Crippen molar-refractivity contribution in [3.63, 3.8) is 0 Å². The Morgan fingerprint density at radius 3 is 1.66 bits per heavy atom. The van der Waals surface area contributed by atoms with Gasteiger partial charge in [-0.05, 0) is 125 Å². The van der Waals surface area contributed by atoms with Gasteiger partial charge in [0, 0.05) is 7.11 Å². The average Bonchev–Trinajstić information content (AvgIpc) is 3.12. The molecule has 0 saturated heterocycles. The van der Waals surface area contributed by atoms with Crippen LogP contribution in [0.25, 0.3) is 33.4 Å². The summed E-state index contributed by atoms with van der Waals surface area (Å²) in [4.78, 5) is 3.57. The minimum atomic E-state index is 0.174. The van der Waals surface area contributed by atoms with Crippen molar-refractivity contribution in [1.82, 2.24) is 0 Å². The van der Waals surface area contributed by atoms with E-state index in [0.717, 1.165) is 22.3 Å². The van der Waals surface area contributed by atoms with Crippen molar-refractivity contribution >= 4 is 18.1 Å². The molecule has 6 nitrogen and oxygen atoms in total. The van der Waals surface area contributed by atoms with Crippen LogP contribution >= 0.6 is 0 Å². The molecule has 0 aromatic heterocycles. The maximum absolute atomic E-state index is 8.98. The zero-order valence-electron chi connectivity index (χ0n) is 29.0. The van der Waals surface area contributed by atoms with Crippen molar-refractivity contribution < 1.29 is 14.6 Å². The van der Waals surface area contributed by atoms with Crippen LogP contribution in [0.3, 0.4) is 0 Å². The lowest BCUT2D eigenvalue weighted by Gasteiger charge is -2.14. The van der Waals surface area contributed by atoms with Gasteiger partial charge in [0.25, 0.3) is 0 Å². The highest BCUT2D eigenvalue weighted by Gasteiger charge is 2.10. The highest BCUT2D eigenvalue weighted by atomic mass is 16.5. The summed E-state index contributed by atoms with van der Waals surface area (Å²) in [5.41, 5.74) is 23.3. The van der Waals surface area contributed by atoms with E-state index in [1.54, 1.807) is 38.3 Å². The fourth-order valence-corrected chi connectivity index (χ4v) is 5.17. The van der Waals surface area contributed by atoms with E-state index in [1.165, 1.54) is 27.8 Å². The van der Waals surface area contributed by atoms with Gasteiger partial charge < -0.3 is 26.0 Å². The maximum Gasteiger partial charge on any atom is 0.142 e. The van der Waals surface area contributed by atoms with Crippen LogP contribution in [0.4, 0.5) is 11.4 Å². The Kier molecular flexibility index (Phi) is 13.5. The number of hydrogen-bond donors (Lipinski definition) is 3. The van der Waals surface area contributed by atoms with Crippen LogP contribution in [-0.2, 0) is 18.0 Å². The van der Waals surface area contributed by atoms with Gasteiger partial charge in [0.15, 0.2) is 0 Å². The molecule has 0 radical (unpaired) electrons. The van der Waals surface area contributed by atoms with E-state index >= 15 is 0 Å². The molecule has 6 aromatic rings. The summed E-state index contributed by atoms with van der Waals surface area (Å²) in [6.45, 7) is 11.5. The van der Waals surface area contributed by atoms with Crippen molar-refractivity contribution in [3.8, 4) is 44.9 Å². The number of phenolic OH excluding ortho intramolecular Hbond substituents is 1. The van der Waals surface area contributed by atoms with E-state index in [-0.39, 0.29) is 5.75 Å². The van der Waals surface area contributed by atoms with Crippen molar-refractivity contribution in [2.24, 2.45) is 10.7 Å². The van der Waals surface area contributed by atoms with Gasteiger partial charge in [0.2, 0.25) is 0 Å². The Morgan fingerprint density at radius 2 is 1.16 bits per heavy atom. The van der Waals surface area contributed by atoms with E-state index in [4.69, 9.17) is 26.0 Å². The highest BCUT2D eigenvalue weighted by molar-refractivity contribution is 5.81. The fraction of sp³-hybridized carbons (Fsp3) is 0.114. The number of nitrogens with zero attached hydrogens (tertiary/aromatic N) is 1. The predicted molar refractivity (Wildman–Crippen MR) is 210 cm³/mol. The summed E-state index contributed by atoms with van der Waals surface area (Å²) in [5, 5.41) is 8.98. The van der Waals surface area contributed by atoms with Crippen LogP contribution in [0, 0.1) is 6.92 Å². The van der Waals surface area contributed by atoms with Gasteiger partial charge in [0.05, 0.1) is 12.3 Å².